The Bertz CT molecular complexity index is 1870. The Kier molecular flexibility index (Phi) is 58.9. The molecule has 3 rings (SSSR count). The van der Waals surface area contributed by atoms with Gasteiger partial charge in [-0.05, 0) is 19.3 Å². The van der Waals surface area contributed by atoms with Crippen LogP contribution in [0.15, 0.2) is 12.2 Å². The van der Waals surface area contributed by atoms with E-state index in [0.717, 1.165) is 44.9 Å². The van der Waals surface area contributed by atoms with Crippen molar-refractivity contribution in [3.8, 4) is 0 Å². The molecule has 17 atom stereocenters. The number of aliphatic hydroxyl groups is 11. The Morgan fingerprint density at radius 3 is 0.931 bits per heavy atom. The fourth-order valence-electron chi connectivity index (χ4n) is 14.8. The third kappa shape index (κ3) is 43.3. The molecule has 3 aliphatic rings. The van der Waals surface area contributed by atoms with Crippen LogP contribution in [0.25, 0.3) is 0 Å². The van der Waals surface area contributed by atoms with Crippen LogP contribution < -0.4 is 5.32 Å². The van der Waals surface area contributed by atoms with Gasteiger partial charge in [-0.3, -0.25) is 4.79 Å². The molecule has 101 heavy (non-hydrogen) atoms. The van der Waals surface area contributed by atoms with Crippen molar-refractivity contribution in [1.82, 2.24) is 5.32 Å². The lowest BCUT2D eigenvalue weighted by Crippen LogP contribution is -2.66. The second-order valence-corrected chi connectivity index (χ2v) is 30.7. The second-order valence-electron chi connectivity index (χ2n) is 30.7. The first-order valence-electron chi connectivity index (χ1n) is 42.4. The van der Waals surface area contributed by atoms with Crippen molar-refractivity contribution in [2.24, 2.45) is 0 Å². The highest BCUT2D eigenvalue weighted by molar-refractivity contribution is 5.76. The lowest BCUT2D eigenvalue weighted by atomic mass is 9.96. The summed E-state index contributed by atoms with van der Waals surface area (Å²) in [6, 6.07) is -0.970. The van der Waals surface area contributed by atoms with Crippen LogP contribution in [-0.4, -0.2) is 193 Å². The van der Waals surface area contributed by atoms with E-state index in [9.17, 15) is 61.0 Å². The Labute approximate surface area is 614 Å². The van der Waals surface area contributed by atoms with Gasteiger partial charge in [0.1, 0.15) is 73.2 Å². The van der Waals surface area contributed by atoms with Crippen LogP contribution >= 0.6 is 0 Å². The number of carbonyl (C=O) groups is 1. The zero-order valence-corrected chi connectivity index (χ0v) is 64.2. The van der Waals surface area contributed by atoms with Gasteiger partial charge in [-0.2, -0.15) is 0 Å². The molecular weight excluding hydrogens is 1290 g/mol. The monoisotopic (exact) mass is 1440 g/mol. The number of ether oxygens (including phenoxy) is 6. The number of unbranched alkanes of at least 4 members (excludes halogenated alkanes) is 53. The van der Waals surface area contributed by atoms with Crippen molar-refractivity contribution >= 4 is 5.91 Å². The van der Waals surface area contributed by atoms with E-state index in [0.29, 0.717) is 6.42 Å². The van der Waals surface area contributed by atoms with Gasteiger partial charge in [0.2, 0.25) is 5.91 Å². The Morgan fingerprint density at radius 2 is 0.614 bits per heavy atom. The maximum absolute atomic E-state index is 13.5. The average Bonchev–Trinajstić information content (AvgIpc) is 0.792. The van der Waals surface area contributed by atoms with Gasteiger partial charge in [-0.15, -0.1) is 0 Å². The van der Waals surface area contributed by atoms with E-state index in [1.54, 1.807) is 6.08 Å². The molecule has 0 aromatic heterocycles. The lowest BCUT2D eigenvalue weighted by molar-refractivity contribution is -0.379. The van der Waals surface area contributed by atoms with Gasteiger partial charge in [0, 0.05) is 6.42 Å². The summed E-state index contributed by atoms with van der Waals surface area (Å²) < 4.78 is 34.5. The van der Waals surface area contributed by atoms with Gasteiger partial charge >= 0.3 is 0 Å². The first-order chi connectivity index (χ1) is 49.3. The van der Waals surface area contributed by atoms with Gasteiger partial charge in [0.05, 0.1) is 38.6 Å². The maximum atomic E-state index is 13.5. The van der Waals surface area contributed by atoms with Gasteiger partial charge in [0.25, 0.3) is 0 Å². The summed E-state index contributed by atoms with van der Waals surface area (Å²) in [4.78, 5) is 13.5. The zero-order valence-electron chi connectivity index (χ0n) is 64.2. The van der Waals surface area contributed by atoms with E-state index >= 15 is 0 Å². The minimum absolute atomic E-state index is 0.250. The van der Waals surface area contributed by atoms with Crippen LogP contribution in [0.5, 0.6) is 0 Å². The summed E-state index contributed by atoms with van der Waals surface area (Å²) in [5.74, 6) is -0.266. The molecule has 19 nitrogen and oxygen atoms in total. The number of aliphatic hydroxyl groups excluding tert-OH is 11. The molecule has 12 N–H and O–H groups in total. The molecule has 17 unspecified atom stereocenters. The summed E-state index contributed by atoms with van der Waals surface area (Å²) >= 11 is 0. The number of amides is 1. The quantitative estimate of drug-likeness (QED) is 0.0199. The van der Waals surface area contributed by atoms with E-state index in [2.05, 4.69) is 19.2 Å². The molecule has 0 bridgehead atoms. The summed E-state index contributed by atoms with van der Waals surface area (Å²) in [5.41, 5.74) is 0. The fourth-order valence-corrected chi connectivity index (χ4v) is 14.8. The van der Waals surface area contributed by atoms with Crippen molar-refractivity contribution in [3.05, 3.63) is 12.2 Å². The first-order valence-corrected chi connectivity index (χ1v) is 42.4. The van der Waals surface area contributed by atoms with E-state index in [1.165, 1.54) is 302 Å². The average molecular weight is 1450 g/mol. The highest BCUT2D eigenvalue weighted by Gasteiger charge is 2.54. The van der Waals surface area contributed by atoms with Crippen LogP contribution in [-0.2, 0) is 33.2 Å². The molecule has 1 amide bonds. The molecule has 3 heterocycles. The molecule has 3 saturated heterocycles. The minimum Gasteiger partial charge on any atom is -0.394 e. The number of rotatable bonds is 69. The van der Waals surface area contributed by atoms with E-state index in [4.69, 9.17) is 28.4 Å². The fraction of sp³-hybridized carbons (Fsp3) is 0.963. The number of hydrogen-bond donors (Lipinski definition) is 12. The smallest absolute Gasteiger partial charge is 0.220 e. The molecule has 598 valence electrons. The van der Waals surface area contributed by atoms with E-state index in [1.807, 2.05) is 6.08 Å². The van der Waals surface area contributed by atoms with E-state index < -0.39 is 124 Å². The van der Waals surface area contributed by atoms with Gasteiger partial charge in [0.15, 0.2) is 18.9 Å². The molecule has 0 aliphatic carbocycles. The van der Waals surface area contributed by atoms with Crippen molar-refractivity contribution < 1.29 is 89.4 Å². The maximum Gasteiger partial charge on any atom is 0.220 e. The van der Waals surface area contributed by atoms with Gasteiger partial charge < -0.3 is 89.9 Å². The van der Waals surface area contributed by atoms with Crippen molar-refractivity contribution in [3.63, 3.8) is 0 Å². The molecule has 0 saturated carbocycles. The zero-order chi connectivity index (χ0) is 73.2. The SMILES string of the molecule is CCCCCCCCCCCCCCCCCCCCCCCCCCCCCCCC/C=C/C(O)C(COC1OC(CO)C(OC2OC(CO)C(OC3OC(CO)C(O)C(O)C3O)C(O)C2O)C(O)C1O)NC(=O)CCCCCCCCCCCCCCCCCCCCCCCCCC. The molecule has 0 aromatic rings. The standard InChI is InChI=1S/C82H157NO18/c1-3-5-7-9-11-13-15-17-19-21-23-25-27-29-30-31-32-33-34-35-36-37-39-41-43-45-47-49-51-53-55-57-59-66(87)65(83-70(88)60-58-56-54-52-50-48-46-44-42-40-38-28-26-24-22-20-18-16-14-12-10-8-6-4-2)64-96-80-76(94)73(91)78(68(62-85)98-80)101-82-77(95)74(92)79(69(63-86)99-82)100-81-75(93)72(90)71(89)67(61-84)97-81/h57,59,65-69,71-82,84-87,89-95H,3-56,58,60-64H2,1-2H3,(H,83,88)/b59-57+. The van der Waals surface area contributed by atoms with Gasteiger partial charge in [-0.1, -0.05) is 360 Å². The third-order valence-electron chi connectivity index (χ3n) is 21.6. The van der Waals surface area contributed by atoms with Crippen LogP contribution in [0.2, 0.25) is 0 Å². The summed E-state index contributed by atoms with van der Waals surface area (Å²) in [6.07, 6.45) is 49.3. The highest BCUT2D eigenvalue weighted by Crippen LogP contribution is 2.33. The Morgan fingerprint density at radius 1 is 0.347 bits per heavy atom. The molecule has 19 heteroatoms. The van der Waals surface area contributed by atoms with Crippen LogP contribution in [0.3, 0.4) is 0 Å². The normalized spacial score (nSPS) is 26.3. The number of nitrogens with one attached hydrogen (secondary N) is 1. The third-order valence-corrected chi connectivity index (χ3v) is 21.6. The summed E-state index contributed by atoms with van der Waals surface area (Å²) in [5, 5.41) is 121. The summed E-state index contributed by atoms with van der Waals surface area (Å²) in [7, 11) is 0. The predicted molar refractivity (Wildman–Crippen MR) is 402 cm³/mol. The van der Waals surface area contributed by atoms with Crippen LogP contribution in [0.1, 0.15) is 373 Å². The van der Waals surface area contributed by atoms with Crippen LogP contribution in [0.4, 0.5) is 0 Å². The van der Waals surface area contributed by atoms with E-state index in [-0.39, 0.29) is 18.9 Å². The predicted octanol–water partition coefficient (Wildman–Crippen LogP) is 14.7. The Hall–Kier alpha value is -1.47. The second kappa shape index (κ2) is 63.5. The number of allylic oxidation sites excluding steroid dienone is 1. The largest absolute Gasteiger partial charge is 0.394 e. The minimum atomic E-state index is -1.98. The number of hydrogen-bond acceptors (Lipinski definition) is 18. The summed E-state index contributed by atoms with van der Waals surface area (Å²) in [6.45, 7) is 1.81. The first kappa shape index (κ1) is 93.7. The molecule has 3 aliphatic heterocycles. The van der Waals surface area contributed by atoms with Gasteiger partial charge in [-0.25, -0.2) is 0 Å². The van der Waals surface area contributed by atoms with Crippen molar-refractivity contribution in [2.45, 2.75) is 478 Å². The molecule has 3 fully saturated rings. The lowest BCUT2D eigenvalue weighted by Gasteiger charge is -2.48. The molecule has 0 aromatic carbocycles. The Balaban J connectivity index is 1.35. The number of carbonyl (C=O) groups excluding carboxylic acids is 1. The molecular formula is C82H157NO18. The van der Waals surface area contributed by atoms with Crippen molar-refractivity contribution in [1.29, 1.82) is 0 Å². The molecule has 0 radical (unpaired) electrons. The van der Waals surface area contributed by atoms with Crippen molar-refractivity contribution in [2.75, 3.05) is 26.4 Å². The topological polar surface area (TPSA) is 307 Å². The molecule has 0 spiro atoms. The highest BCUT2D eigenvalue weighted by atomic mass is 16.8. The van der Waals surface area contributed by atoms with Crippen LogP contribution in [0, 0.1) is 0 Å².